The third-order valence-corrected chi connectivity index (χ3v) is 6.24. The zero-order chi connectivity index (χ0) is 23.2. The number of rotatable bonds is 8. The second-order valence-electron chi connectivity index (χ2n) is 8.60. The third kappa shape index (κ3) is 4.96. The molecule has 168 valence electrons. The predicted octanol–water partition coefficient (Wildman–Crippen LogP) is 6.23. The monoisotopic (exact) mass is 444 g/mol. The van der Waals surface area contributed by atoms with E-state index in [-0.39, 0.29) is 0 Å². The van der Waals surface area contributed by atoms with Crippen molar-refractivity contribution >= 4 is 16.7 Å². The van der Waals surface area contributed by atoms with Gasteiger partial charge in [-0.05, 0) is 72.6 Å². The van der Waals surface area contributed by atoms with Crippen molar-refractivity contribution < 1.29 is 0 Å². The molecular formula is C30H28N4. The lowest BCUT2D eigenvalue weighted by molar-refractivity contribution is 0.817. The number of hydrogen-bond donors (Lipinski definition) is 1. The maximum atomic E-state index is 6.21. The number of benzene rings is 2. The van der Waals surface area contributed by atoms with E-state index in [9.17, 15) is 0 Å². The van der Waals surface area contributed by atoms with Gasteiger partial charge in [-0.1, -0.05) is 66.7 Å². The fourth-order valence-electron chi connectivity index (χ4n) is 4.46. The smallest absolute Gasteiger partial charge is 0.149 e. The first-order valence-corrected chi connectivity index (χ1v) is 11.8. The Morgan fingerprint density at radius 2 is 1.32 bits per heavy atom. The van der Waals surface area contributed by atoms with E-state index in [1.54, 1.807) is 6.20 Å². The van der Waals surface area contributed by atoms with Crippen LogP contribution >= 0.6 is 0 Å². The highest BCUT2D eigenvalue weighted by atomic mass is 14.9. The molecular weight excluding hydrogens is 416 g/mol. The standard InChI is InChI=1S/C30H28N4/c31-30-29-26(18-20-33-30)21-25(17-16-23-11-5-2-6-12-23)28(34-29)27-24(15-8-19-32-27)14-7-13-22-9-3-1-4-10-22/h1-6,8-12,15,18-21H,7,13-14,16-17H2,(H2,31,33). The molecule has 4 nitrogen and oxygen atoms in total. The number of nitrogen functional groups attached to an aromatic ring is 1. The van der Waals surface area contributed by atoms with Crippen LogP contribution in [0.15, 0.2) is 97.3 Å². The minimum Gasteiger partial charge on any atom is -0.382 e. The van der Waals surface area contributed by atoms with Gasteiger partial charge in [0.1, 0.15) is 11.3 Å². The Morgan fingerprint density at radius 3 is 2.09 bits per heavy atom. The molecule has 4 heteroatoms. The molecule has 0 aliphatic rings. The molecule has 0 bridgehead atoms. The molecule has 0 aliphatic carbocycles. The van der Waals surface area contributed by atoms with Gasteiger partial charge in [0.2, 0.25) is 0 Å². The van der Waals surface area contributed by atoms with Crippen molar-refractivity contribution in [2.45, 2.75) is 32.1 Å². The molecule has 2 aromatic carbocycles. The number of aromatic nitrogens is 3. The van der Waals surface area contributed by atoms with E-state index in [0.29, 0.717) is 5.82 Å². The Bertz CT molecular complexity index is 1380. The van der Waals surface area contributed by atoms with E-state index >= 15 is 0 Å². The number of pyridine rings is 3. The van der Waals surface area contributed by atoms with Gasteiger partial charge >= 0.3 is 0 Å². The van der Waals surface area contributed by atoms with Crippen LogP contribution in [0.4, 0.5) is 5.82 Å². The van der Waals surface area contributed by atoms with Crippen LogP contribution in [0.25, 0.3) is 22.3 Å². The summed E-state index contributed by atoms with van der Waals surface area (Å²) in [4.78, 5) is 14.1. The molecule has 0 spiro atoms. The van der Waals surface area contributed by atoms with Gasteiger partial charge in [0, 0.05) is 17.8 Å². The Balaban J connectivity index is 1.49. The molecule has 0 amide bonds. The van der Waals surface area contributed by atoms with Crippen LogP contribution in [-0.4, -0.2) is 15.0 Å². The van der Waals surface area contributed by atoms with Crippen LogP contribution in [0.5, 0.6) is 0 Å². The van der Waals surface area contributed by atoms with Crippen LogP contribution in [0.1, 0.15) is 28.7 Å². The van der Waals surface area contributed by atoms with Crippen molar-refractivity contribution in [3.8, 4) is 11.4 Å². The number of aryl methyl sites for hydroxylation is 4. The fraction of sp³-hybridized carbons (Fsp3) is 0.167. The molecule has 2 N–H and O–H groups in total. The summed E-state index contributed by atoms with van der Waals surface area (Å²) in [6.45, 7) is 0. The molecule has 0 radical (unpaired) electrons. The summed E-state index contributed by atoms with van der Waals surface area (Å²) in [5.74, 6) is 0.454. The number of hydrogen-bond acceptors (Lipinski definition) is 4. The summed E-state index contributed by atoms with van der Waals surface area (Å²) in [5, 5.41) is 1.01. The number of nitrogens with zero attached hydrogens (tertiary/aromatic N) is 3. The first-order valence-electron chi connectivity index (χ1n) is 11.8. The van der Waals surface area contributed by atoms with Gasteiger partial charge in [-0.2, -0.15) is 0 Å². The highest BCUT2D eigenvalue weighted by molar-refractivity contribution is 5.90. The van der Waals surface area contributed by atoms with E-state index in [4.69, 9.17) is 15.7 Å². The van der Waals surface area contributed by atoms with Crippen molar-refractivity contribution in [3.05, 3.63) is 120 Å². The molecule has 5 rings (SSSR count). The summed E-state index contributed by atoms with van der Waals surface area (Å²) in [6, 6.07) is 29.6. The Hall–Kier alpha value is -4.05. The largest absolute Gasteiger partial charge is 0.382 e. The van der Waals surface area contributed by atoms with Crippen LogP contribution in [-0.2, 0) is 25.7 Å². The van der Waals surface area contributed by atoms with Crippen molar-refractivity contribution in [3.63, 3.8) is 0 Å². The van der Waals surface area contributed by atoms with Crippen molar-refractivity contribution in [2.24, 2.45) is 0 Å². The quantitative estimate of drug-likeness (QED) is 0.308. The van der Waals surface area contributed by atoms with Crippen LogP contribution in [0.2, 0.25) is 0 Å². The SMILES string of the molecule is Nc1nccc2cc(CCc3ccccc3)c(-c3ncccc3CCCc3ccccc3)nc12. The van der Waals surface area contributed by atoms with Gasteiger partial charge in [0.05, 0.1) is 11.4 Å². The zero-order valence-corrected chi connectivity index (χ0v) is 19.2. The number of anilines is 1. The van der Waals surface area contributed by atoms with Gasteiger partial charge in [0.15, 0.2) is 0 Å². The summed E-state index contributed by atoms with van der Waals surface area (Å²) < 4.78 is 0. The van der Waals surface area contributed by atoms with Gasteiger partial charge in [-0.3, -0.25) is 4.98 Å². The molecule has 0 saturated heterocycles. The van der Waals surface area contributed by atoms with Gasteiger partial charge < -0.3 is 5.73 Å². The third-order valence-electron chi connectivity index (χ3n) is 6.24. The van der Waals surface area contributed by atoms with Gasteiger partial charge in [-0.25, -0.2) is 9.97 Å². The summed E-state index contributed by atoms with van der Waals surface area (Å²) >= 11 is 0. The van der Waals surface area contributed by atoms with Crippen molar-refractivity contribution in [1.82, 2.24) is 15.0 Å². The van der Waals surface area contributed by atoms with E-state index in [1.165, 1.54) is 22.3 Å². The Kier molecular flexibility index (Phi) is 6.57. The average Bonchev–Trinajstić information content (AvgIpc) is 2.89. The van der Waals surface area contributed by atoms with Gasteiger partial charge in [0.25, 0.3) is 0 Å². The Labute approximate surface area is 200 Å². The predicted molar refractivity (Wildman–Crippen MR) is 139 cm³/mol. The average molecular weight is 445 g/mol. The normalized spacial score (nSPS) is 11.1. The number of nitrogens with two attached hydrogens (primary N) is 1. The fourth-order valence-corrected chi connectivity index (χ4v) is 4.46. The van der Waals surface area contributed by atoms with Crippen LogP contribution < -0.4 is 5.73 Å². The van der Waals surface area contributed by atoms with Crippen molar-refractivity contribution in [1.29, 1.82) is 0 Å². The van der Waals surface area contributed by atoms with Crippen LogP contribution in [0.3, 0.4) is 0 Å². The van der Waals surface area contributed by atoms with E-state index < -0.39 is 0 Å². The second-order valence-corrected chi connectivity index (χ2v) is 8.60. The van der Waals surface area contributed by atoms with E-state index in [0.717, 1.165) is 54.4 Å². The summed E-state index contributed by atoms with van der Waals surface area (Å²) in [7, 11) is 0. The maximum absolute atomic E-state index is 6.21. The first-order chi connectivity index (χ1) is 16.8. The summed E-state index contributed by atoms with van der Waals surface area (Å²) in [6.07, 6.45) is 8.46. The molecule has 34 heavy (non-hydrogen) atoms. The lowest BCUT2D eigenvalue weighted by atomic mass is 9.96. The second kappa shape index (κ2) is 10.3. The highest BCUT2D eigenvalue weighted by Crippen LogP contribution is 2.30. The molecule has 5 aromatic rings. The minimum atomic E-state index is 0.454. The molecule has 0 aliphatic heterocycles. The van der Waals surface area contributed by atoms with E-state index in [1.807, 2.05) is 18.3 Å². The first kappa shape index (κ1) is 21.8. The zero-order valence-electron chi connectivity index (χ0n) is 19.2. The van der Waals surface area contributed by atoms with Crippen LogP contribution in [0, 0.1) is 0 Å². The number of fused-ring (bicyclic) bond motifs is 1. The molecule has 0 fully saturated rings. The highest BCUT2D eigenvalue weighted by Gasteiger charge is 2.16. The van der Waals surface area contributed by atoms with E-state index in [2.05, 4.69) is 77.8 Å². The van der Waals surface area contributed by atoms with Gasteiger partial charge in [-0.15, -0.1) is 0 Å². The Morgan fingerprint density at radius 1 is 0.588 bits per heavy atom. The molecule has 3 aromatic heterocycles. The lowest BCUT2D eigenvalue weighted by Gasteiger charge is -2.14. The molecule has 0 unspecified atom stereocenters. The molecule has 0 saturated carbocycles. The minimum absolute atomic E-state index is 0.454. The lowest BCUT2D eigenvalue weighted by Crippen LogP contribution is -2.04. The summed E-state index contributed by atoms with van der Waals surface area (Å²) in [5.41, 5.74) is 13.9. The molecule has 3 heterocycles. The molecule has 0 atom stereocenters. The van der Waals surface area contributed by atoms with Crippen molar-refractivity contribution in [2.75, 3.05) is 5.73 Å². The topological polar surface area (TPSA) is 64.7 Å². The maximum Gasteiger partial charge on any atom is 0.149 e.